The number of nitrogens with one attached hydrogen (secondary N) is 1. The van der Waals surface area contributed by atoms with Crippen LogP contribution in [0.4, 0.5) is 5.69 Å². The molecule has 0 bridgehead atoms. The second kappa shape index (κ2) is 7.31. The highest BCUT2D eigenvalue weighted by Crippen LogP contribution is 2.25. The predicted octanol–water partition coefficient (Wildman–Crippen LogP) is 4.43. The summed E-state index contributed by atoms with van der Waals surface area (Å²) in [5, 5.41) is 12.0. The fourth-order valence-corrected chi connectivity index (χ4v) is 2.31. The van der Waals surface area contributed by atoms with E-state index in [1.54, 1.807) is 36.4 Å². The summed E-state index contributed by atoms with van der Waals surface area (Å²) < 4.78 is 5.68. The van der Waals surface area contributed by atoms with Crippen LogP contribution in [0.15, 0.2) is 78.9 Å². The van der Waals surface area contributed by atoms with Crippen molar-refractivity contribution >= 4 is 17.6 Å². The first-order chi connectivity index (χ1) is 12.1. The molecule has 3 rings (SSSR count). The average Bonchev–Trinajstić information content (AvgIpc) is 2.63. The molecular formula is C20H15NO4. The van der Waals surface area contributed by atoms with Crippen LogP contribution in [0, 0.1) is 0 Å². The highest BCUT2D eigenvalue weighted by Gasteiger charge is 2.18. The van der Waals surface area contributed by atoms with Crippen molar-refractivity contribution in [3.8, 4) is 11.5 Å². The summed E-state index contributed by atoms with van der Waals surface area (Å²) in [6.45, 7) is 0. The summed E-state index contributed by atoms with van der Waals surface area (Å²) in [7, 11) is 0. The van der Waals surface area contributed by atoms with Gasteiger partial charge >= 0.3 is 5.97 Å². The Morgan fingerprint density at radius 2 is 1.40 bits per heavy atom. The van der Waals surface area contributed by atoms with E-state index in [1.807, 2.05) is 24.3 Å². The SMILES string of the molecule is O=C(O)c1ccc(Oc2ccccc2)cc1C(=O)Nc1ccccc1. The standard InChI is InChI=1S/C20H15NO4/c22-19(21-14-7-3-1-4-8-14)18-13-16(11-12-17(18)20(23)24)25-15-9-5-2-6-10-15/h1-13H,(H,21,22)(H,23,24). The Kier molecular flexibility index (Phi) is 4.76. The van der Waals surface area contributed by atoms with E-state index in [-0.39, 0.29) is 11.1 Å². The van der Waals surface area contributed by atoms with Crippen LogP contribution in [0.25, 0.3) is 0 Å². The maximum absolute atomic E-state index is 12.5. The number of aromatic carboxylic acids is 1. The number of ether oxygens (including phenoxy) is 1. The first-order valence-electron chi connectivity index (χ1n) is 7.60. The number of anilines is 1. The van der Waals surface area contributed by atoms with E-state index in [9.17, 15) is 14.7 Å². The topological polar surface area (TPSA) is 75.6 Å². The number of carboxylic acids is 1. The van der Waals surface area contributed by atoms with Crippen LogP contribution in [-0.4, -0.2) is 17.0 Å². The van der Waals surface area contributed by atoms with Crippen LogP contribution in [-0.2, 0) is 0 Å². The molecule has 0 radical (unpaired) electrons. The lowest BCUT2D eigenvalue weighted by Crippen LogP contribution is -2.16. The van der Waals surface area contributed by atoms with Gasteiger partial charge in [-0.1, -0.05) is 36.4 Å². The molecule has 0 aliphatic carbocycles. The number of hydrogen-bond acceptors (Lipinski definition) is 3. The Hall–Kier alpha value is -3.60. The minimum Gasteiger partial charge on any atom is -0.478 e. The van der Waals surface area contributed by atoms with E-state index in [1.165, 1.54) is 18.2 Å². The van der Waals surface area contributed by atoms with Crippen LogP contribution in [0.2, 0.25) is 0 Å². The van der Waals surface area contributed by atoms with Crippen molar-refractivity contribution in [3.05, 3.63) is 90.0 Å². The third kappa shape index (κ3) is 4.03. The molecule has 25 heavy (non-hydrogen) atoms. The number of rotatable bonds is 5. The first-order valence-corrected chi connectivity index (χ1v) is 7.60. The molecule has 0 atom stereocenters. The van der Waals surface area contributed by atoms with E-state index in [2.05, 4.69) is 5.32 Å². The molecule has 0 heterocycles. The quantitative estimate of drug-likeness (QED) is 0.724. The zero-order valence-corrected chi connectivity index (χ0v) is 13.2. The zero-order chi connectivity index (χ0) is 17.6. The van der Waals surface area contributed by atoms with Gasteiger partial charge in [0.05, 0.1) is 11.1 Å². The third-order valence-electron chi connectivity index (χ3n) is 3.48. The molecule has 0 saturated carbocycles. The van der Waals surface area contributed by atoms with Crippen molar-refractivity contribution in [1.29, 1.82) is 0 Å². The van der Waals surface area contributed by atoms with Crippen LogP contribution < -0.4 is 10.1 Å². The van der Waals surface area contributed by atoms with Gasteiger partial charge in [0.15, 0.2) is 0 Å². The van der Waals surface area contributed by atoms with Gasteiger partial charge < -0.3 is 15.2 Å². The summed E-state index contributed by atoms with van der Waals surface area (Å²) in [4.78, 5) is 23.9. The van der Waals surface area contributed by atoms with Crippen molar-refractivity contribution in [2.24, 2.45) is 0 Å². The van der Waals surface area contributed by atoms with Crippen molar-refractivity contribution < 1.29 is 19.4 Å². The van der Waals surface area contributed by atoms with Crippen molar-refractivity contribution in [3.63, 3.8) is 0 Å². The van der Waals surface area contributed by atoms with Gasteiger partial charge in [0.2, 0.25) is 0 Å². The summed E-state index contributed by atoms with van der Waals surface area (Å²) >= 11 is 0. The molecule has 1 amide bonds. The summed E-state index contributed by atoms with van der Waals surface area (Å²) in [5.74, 6) is -0.707. The Bertz CT molecular complexity index is 892. The average molecular weight is 333 g/mol. The van der Waals surface area contributed by atoms with Crippen LogP contribution in [0.1, 0.15) is 20.7 Å². The molecule has 5 heteroatoms. The van der Waals surface area contributed by atoms with E-state index < -0.39 is 11.9 Å². The van der Waals surface area contributed by atoms with Gasteiger partial charge in [0.1, 0.15) is 11.5 Å². The minimum absolute atomic E-state index is 0.0322. The lowest BCUT2D eigenvalue weighted by molar-refractivity contribution is 0.0692. The fraction of sp³-hybridized carbons (Fsp3) is 0. The maximum Gasteiger partial charge on any atom is 0.336 e. The highest BCUT2D eigenvalue weighted by atomic mass is 16.5. The number of hydrogen-bond donors (Lipinski definition) is 2. The molecule has 124 valence electrons. The predicted molar refractivity (Wildman–Crippen MR) is 94.3 cm³/mol. The normalized spacial score (nSPS) is 10.1. The van der Waals surface area contributed by atoms with Crippen molar-refractivity contribution in [1.82, 2.24) is 0 Å². The fourth-order valence-electron chi connectivity index (χ4n) is 2.31. The summed E-state index contributed by atoms with van der Waals surface area (Å²) in [6.07, 6.45) is 0. The van der Waals surface area contributed by atoms with Crippen LogP contribution in [0.5, 0.6) is 11.5 Å². The number of carbonyl (C=O) groups excluding carboxylic acids is 1. The Morgan fingerprint density at radius 3 is 2.04 bits per heavy atom. The minimum atomic E-state index is -1.18. The van der Waals surface area contributed by atoms with E-state index in [4.69, 9.17) is 4.74 Å². The van der Waals surface area contributed by atoms with Gasteiger partial charge in [-0.3, -0.25) is 4.79 Å². The Morgan fingerprint density at radius 1 is 0.760 bits per heavy atom. The molecular weight excluding hydrogens is 318 g/mol. The van der Waals surface area contributed by atoms with Gasteiger partial charge in [-0.2, -0.15) is 0 Å². The molecule has 0 aliphatic rings. The molecule has 0 saturated heterocycles. The van der Waals surface area contributed by atoms with Gasteiger partial charge in [-0.25, -0.2) is 4.79 Å². The lowest BCUT2D eigenvalue weighted by Gasteiger charge is -2.11. The Balaban J connectivity index is 1.91. The molecule has 3 aromatic rings. The van der Waals surface area contributed by atoms with E-state index in [0.717, 1.165) is 0 Å². The van der Waals surface area contributed by atoms with Crippen LogP contribution in [0.3, 0.4) is 0 Å². The third-order valence-corrected chi connectivity index (χ3v) is 3.48. The van der Waals surface area contributed by atoms with Gasteiger partial charge in [-0.05, 0) is 42.5 Å². The van der Waals surface area contributed by atoms with Gasteiger partial charge in [0, 0.05) is 5.69 Å². The van der Waals surface area contributed by atoms with E-state index in [0.29, 0.717) is 17.2 Å². The van der Waals surface area contributed by atoms with Crippen LogP contribution >= 0.6 is 0 Å². The number of carboxylic acid groups (broad SMARTS) is 1. The second-order valence-corrected chi connectivity index (χ2v) is 5.25. The highest BCUT2D eigenvalue weighted by molar-refractivity contribution is 6.11. The largest absolute Gasteiger partial charge is 0.478 e. The zero-order valence-electron chi connectivity index (χ0n) is 13.2. The van der Waals surface area contributed by atoms with E-state index >= 15 is 0 Å². The Labute approximate surface area is 144 Å². The molecule has 0 aliphatic heterocycles. The molecule has 0 fully saturated rings. The molecule has 2 N–H and O–H groups in total. The maximum atomic E-state index is 12.5. The first kappa shape index (κ1) is 16.3. The second-order valence-electron chi connectivity index (χ2n) is 5.25. The lowest BCUT2D eigenvalue weighted by atomic mass is 10.1. The number of carbonyl (C=O) groups is 2. The molecule has 5 nitrogen and oxygen atoms in total. The molecule has 0 unspecified atom stereocenters. The monoisotopic (exact) mass is 333 g/mol. The summed E-state index contributed by atoms with van der Waals surface area (Å²) in [6, 6.07) is 22.2. The number of benzene rings is 3. The summed E-state index contributed by atoms with van der Waals surface area (Å²) in [5.41, 5.74) is 0.525. The smallest absolute Gasteiger partial charge is 0.336 e. The van der Waals surface area contributed by atoms with Crippen molar-refractivity contribution in [2.75, 3.05) is 5.32 Å². The molecule has 0 aromatic heterocycles. The number of amides is 1. The number of para-hydroxylation sites is 2. The van der Waals surface area contributed by atoms with Gasteiger partial charge in [0.25, 0.3) is 5.91 Å². The van der Waals surface area contributed by atoms with Crippen molar-refractivity contribution in [2.45, 2.75) is 0 Å². The van der Waals surface area contributed by atoms with Gasteiger partial charge in [-0.15, -0.1) is 0 Å². The molecule has 3 aromatic carbocycles. The molecule has 0 spiro atoms.